The molecular formula is C31H40N6O2S. The van der Waals surface area contributed by atoms with Crippen molar-refractivity contribution < 1.29 is 8.95 Å². The zero-order valence-electron chi connectivity index (χ0n) is 24.2. The minimum Gasteiger partial charge on any atom is -0.489 e. The Kier molecular flexibility index (Phi) is 8.42. The summed E-state index contributed by atoms with van der Waals surface area (Å²) >= 11 is 0. The molecule has 3 N–H and O–H groups in total. The van der Waals surface area contributed by atoms with Crippen LogP contribution >= 0.6 is 0 Å². The molecule has 5 rings (SSSR count). The third-order valence-corrected chi connectivity index (χ3v) is 8.89. The van der Waals surface area contributed by atoms with Crippen molar-refractivity contribution in [3.8, 4) is 5.75 Å². The molecule has 2 unspecified atom stereocenters. The second-order valence-electron chi connectivity index (χ2n) is 11.2. The number of hydrogen-bond donors (Lipinski definition) is 3. The normalized spacial score (nSPS) is 16.9. The summed E-state index contributed by atoms with van der Waals surface area (Å²) < 4.78 is 19.3. The Hall–Kier alpha value is -3.43. The van der Waals surface area contributed by atoms with E-state index in [9.17, 15) is 4.21 Å². The lowest BCUT2D eigenvalue weighted by molar-refractivity contribution is 0.239. The number of aryl methyl sites for hydroxylation is 1. The number of benzene rings is 2. The van der Waals surface area contributed by atoms with E-state index in [4.69, 9.17) is 14.7 Å². The smallest absolute Gasteiger partial charge is 0.231 e. The van der Waals surface area contributed by atoms with Crippen LogP contribution in [0.3, 0.4) is 0 Å². The molecule has 1 saturated heterocycles. The van der Waals surface area contributed by atoms with Crippen LogP contribution in [-0.4, -0.2) is 55.6 Å². The number of para-hydroxylation sites is 1. The van der Waals surface area contributed by atoms with Crippen LogP contribution in [-0.2, 0) is 10.8 Å². The number of hydrogen-bond acceptors (Lipinski definition) is 7. The Bertz CT molecular complexity index is 1520. The van der Waals surface area contributed by atoms with E-state index in [0.29, 0.717) is 23.3 Å². The van der Waals surface area contributed by atoms with Crippen molar-refractivity contribution in [3.05, 3.63) is 59.8 Å². The first-order valence-electron chi connectivity index (χ1n) is 14.1. The Balaban J connectivity index is 1.51. The number of likely N-dealkylation sites (tertiary alicyclic amines) is 1. The molecule has 40 heavy (non-hydrogen) atoms. The van der Waals surface area contributed by atoms with Crippen molar-refractivity contribution in [1.29, 1.82) is 0 Å². The fraction of sp³-hybridized carbons (Fsp3) is 0.419. The van der Waals surface area contributed by atoms with Crippen LogP contribution in [0.2, 0.25) is 0 Å². The quantitative estimate of drug-likeness (QED) is 0.206. The van der Waals surface area contributed by atoms with E-state index in [1.54, 1.807) is 0 Å². The summed E-state index contributed by atoms with van der Waals surface area (Å²) in [5, 5.41) is 7.73. The molecule has 1 fully saturated rings. The monoisotopic (exact) mass is 560 g/mol. The van der Waals surface area contributed by atoms with Gasteiger partial charge in [0.05, 0.1) is 38.6 Å². The van der Waals surface area contributed by atoms with Gasteiger partial charge in [0.1, 0.15) is 17.2 Å². The Morgan fingerprint density at radius 1 is 1.07 bits per heavy atom. The fourth-order valence-corrected chi connectivity index (χ4v) is 6.41. The molecule has 1 aliphatic rings. The first-order chi connectivity index (χ1) is 19.2. The summed E-state index contributed by atoms with van der Waals surface area (Å²) in [5.74, 6) is 2.36. The van der Waals surface area contributed by atoms with E-state index in [1.807, 2.05) is 64.2 Å². The summed E-state index contributed by atoms with van der Waals surface area (Å²) in [6.45, 7) is 12.4. The molecule has 2 aromatic heterocycles. The van der Waals surface area contributed by atoms with Crippen LogP contribution in [0.1, 0.15) is 57.6 Å². The largest absolute Gasteiger partial charge is 0.489 e. The highest BCUT2D eigenvalue weighted by Gasteiger charge is 2.23. The lowest BCUT2D eigenvalue weighted by Crippen LogP contribution is -2.31. The molecule has 2 aromatic carbocycles. The highest BCUT2D eigenvalue weighted by molar-refractivity contribution is 7.85. The number of nitrogens with zero attached hydrogens (tertiary/aromatic N) is 3. The maximum absolute atomic E-state index is 13.0. The Labute approximate surface area is 239 Å². The molecule has 0 aliphatic carbocycles. The highest BCUT2D eigenvalue weighted by Crippen LogP contribution is 2.38. The second kappa shape index (κ2) is 12.0. The zero-order chi connectivity index (χ0) is 28.4. The number of rotatable bonds is 9. The third-order valence-electron chi connectivity index (χ3n) is 7.24. The minimum atomic E-state index is -1.15. The molecule has 3 heterocycles. The summed E-state index contributed by atoms with van der Waals surface area (Å²) in [6.07, 6.45) is 4.26. The van der Waals surface area contributed by atoms with Gasteiger partial charge in [-0.3, -0.25) is 4.21 Å². The van der Waals surface area contributed by atoms with Crippen LogP contribution in [0.25, 0.3) is 11.0 Å². The van der Waals surface area contributed by atoms with Crippen molar-refractivity contribution in [3.63, 3.8) is 0 Å². The van der Waals surface area contributed by atoms with Crippen LogP contribution < -0.4 is 15.4 Å². The zero-order valence-corrected chi connectivity index (χ0v) is 25.1. The summed E-state index contributed by atoms with van der Waals surface area (Å²) in [4.78, 5) is 16.0. The van der Waals surface area contributed by atoms with Crippen molar-refractivity contribution in [2.24, 2.45) is 0 Å². The van der Waals surface area contributed by atoms with Gasteiger partial charge in [-0.2, -0.15) is 9.97 Å². The molecular weight excluding hydrogens is 520 g/mol. The van der Waals surface area contributed by atoms with Gasteiger partial charge in [0.15, 0.2) is 0 Å². The molecule has 212 valence electrons. The third kappa shape index (κ3) is 6.15. The lowest BCUT2D eigenvalue weighted by Gasteiger charge is -2.31. The molecule has 8 nitrogen and oxygen atoms in total. The maximum Gasteiger partial charge on any atom is 0.231 e. The molecule has 0 saturated carbocycles. The number of nitrogens with one attached hydrogen (secondary N) is 3. The van der Waals surface area contributed by atoms with Gasteiger partial charge in [0, 0.05) is 18.0 Å². The summed E-state index contributed by atoms with van der Waals surface area (Å²) in [7, 11) is 1.05. The van der Waals surface area contributed by atoms with Gasteiger partial charge in [0.2, 0.25) is 5.95 Å². The Morgan fingerprint density at radius 3 is 2.62 bits per heavy atom. The topological polar surface area (TPSA) is 95.2 Å². The number of anilines is 4. The first-order valence-corrected chi connectivity index (χ1v) is 15.3. The fourth-order valence-electron chi connectivity index (χ4n) is 5.35. The van der Waals surface area contributed by atoms with Crippen LogP contribution in [0.5, 0.6) is 5.75 Å². The van der Waals surface area contributed by atoms with E-state index in [1.165, 1.54) is 24.0 Å². The standard InChI is InChI=1S/C31H40N6O2S/c1-19(2)39-27-17-24(22-10-9-15-37(6)18-22)21(5)16-26(27)34-31-35-29-23(13-14-32-29)30(36-31)33-25-11-7-8-12-28(25)40(38)20(3)4/h7-8,11-14,16-17,19-20,22H,9-10,15,18H2,1-6H3,(H3,32,33,34,35,36). The van der Waals surface area contributed by atoms with E-state index in [2.05, 4.69) is 46.6 Å². The van der Waals surface area contributed by atoms with Gasteiger partial charge in [-0.05, 0) is 94.6 Å². The number of likely N-dealkylation sites (N-methyl/N-ethyl adjacent to an activating group) is 1. The average molecular weight is 561 g/mol. The number of aromatic amines is 1. The molecule has 4 aromatic rings. The predicted molar refractivity (Wildman–Crippen MR) is 165 cm³/mol. The highest BCUT2D eigenvalue weighted by atomic mass is 32.2. The summed E-state index contributed by atoms with van der Waals surface area (Å²) in [6, 6.07) is 14.0. The molecule has 0 bridgehead atoms. The Morgan fingerprint density at radius 2 is 1.88 bits per heavy atom. The molecule has 0 spiro atoms. The van der Waals surface area contributed by atoms with Crippen molar-refractivity contribution >= 4 is 45.0 Å². The number of ether oxygens (including phenoxy) is 1. The van der Waals surface area contributed by atoms with Crippen molar-refractivity contribution in [2.75, 3.05) is 30.8 Å². The lowest BCUT2D eigenvalue weighted by atomic mass is 9.87. The van der Waals surface area contributed by atoms with Gasteiger partial charge in [0.25, 0.3) is 0 Å². The van der Waals surface area contributed by atoms with E-state index >= 15 is 0 Å². The summed E-state index contributed by atoms with van der Waals surface area (Å²) in [5.41, 5.74) is 4.86. The number of piperidine rings is 1. The van der Waals surface area contributed by atoms with Crippen LogP contribution in [0.4, 0.5) is 23.1 Å². The first kappa shape index (κ1) is 28.1. The van der Waals surface area contributed by atoms with E-state index < -0.39 is 10.8 Å². The second-order valence-corrected chi connectivity index (χ2v) is 13.2. The predicted octanol–water partition coefficient (Wildman–Crippen LogP) is 6.87. The maximum atomic E-state index is 13.0. The van der Waals surface area contributed by atoms with Crippen LogP contribution in [0.15, 0.2) is 53.6 Å². The van der Waals surface area contributed by atoms with Crippen molar-refractivity contribution in [1.82, 2.24) is 19.9 Å². The van der Waals surface area contributed by atoms with Gasteiger partial charge >= 0.3 is 0 Å². The van der Waals surface area contributed by atoms with Gasteiger partial charge < -0.3 is 25.3 Å². The van der Waals surface area contributed by atoms with Gasteiger partial charge in [-0.1, -0.05) is 26.0 Å². The van der Waals surface area contributed by atoms with Crippen molar-refractivity contribution in [2.45, 2.75) is 69.6 Å². The van der Waals surface area contributed by atoms with E-state index in [0.717, 1.165) is 40.5 Å². The molecule has 1 aliphatic heterocycles. The van der Waals surface area contributed by atoms with Crippen LogP contribution in [0, 0.1) is 6.92 Å². The minimum absolute atomic E-state index is 0.00236. The SMILES string of the molecule is Cc1cc(Nc2nc(Nc3ccccc3S(=O)C(C)C)c3cc[nH]c3n2)c(OC(C)C)cc1C1CCCN(C)C1. The molecule has 0 amide bonds. The number of fused-ring (bicyclic) bond motifs is 1. The number of aromatic nitrogens is 3. The molecule has 9 heteroatoms. The molecule has 0 radical (unpaired) electrons. The average Bonchev–Trinajstić information content (AvgIpc) is 3.39. The van der Waals surface area contributed by atoms with E-state index in [-0.39, 0.29) is 11.4 Å². The van der Waals surface area contributed by atoms with Gasteiger partial charge in [-0.15, -0.1) is 0 Å². The van der Waals surface area contributed by atoms with Gasteiger partial charge in [-0.25, -0.2) is 0 Å². The molecule has 2 atom stereocenters. The number of H-pyrrole nitrogens is 1.